The zero-order valence-electron chi connectivity index (χ0n) is 16.9. The molecule has 8 N–H and O–H groups in total. The maximum atomic E-state index is 11.9. The number of fused-ring (bicyclic) bond motifs is 1. The summed E-state index contributed by atoms with van der Waals surface area (Å²) >= 11 is 0. The van der Waals surface area contributed by atoms with Gasteiger partial charge in [0.05, 0.1) is 6.33 Å². The molecule has 2 amide bonds. The van der Waals surface area contributed by atoms with Crippen molar-refractivity contribution in [2.45, 2.75) is 24.5 Å². The van der Waals surface area contributed by atoms with E-state index in [1.807, 2.05) is 0 Å². The van der Waals surface area contributed by atoms with Crippen molar-refractivity contribution in [3.63, 3.8) is 0 Å². The summed E-state index contributed by atoms with van der Waals surface area (Å²) in [5.74, 6) is 0.324. The van der Waals surface area contributed by atoms with E-state index in [0.29, 0.717) is 29.9 Å². The third kappa shape index (κ3) is 4.55. The van der Waals surface area contributed by atoms with Crippen LogP contribution in [-0.2, 0) is 4.74 Å². The van der Waals surface area contributed by atoms with Crippen LogP contribution >= 0.6 is 0 Å². The Balaban J connectivity index is 1.24. The summed E-state index contributed by atoms with van der Waals surface area (Å²) < 4.78 is 7.34. The molecular formula is C19H24N8O5. The number of aromatic nitrogens is 4. The second kappa shape index (κ2) is 9.32. The maximum absolute atomic E-state index is 11.9. The number of nitrogen functional groups attached to an aromatic ring is 1. The number of carbonyl (C=O) groups is 1. The van der Waals surface area contributed by atoms with E-state index in [2.05, 4.69) is 30.9 Å². The van der Waals surface area contributed by atoms with Gasteiger partial charge in [0.2, 0.25) is 0 Å². The normalized spacial score (nSPS) is 22.8. The lowest BCUT2D eigenvalue weighted by molar-refractivity contribution is -0.0340. The van der Waals surface area contributed by atoms with E-state index in [1.54, 1.807) is 12.1 Å². The molecular weight excluding hydrogens is 420 g/mol. The van der Waals surface area contributed by atoms with Crippen LogP contribution in [0.2, 0.25) is 0 Å². The molecule has 1 fully saturated rings. The van der Waals surface area contributed by atoms with Crippen molar-refractivity contribution in [1.82, 2.24) is 30.2 Å². The maximum Gasteiger partial charge on any atom is 0.319 e. The van der Waals surface area contributed by atoms with Gasteiger partial charge in [0.25, 0.3) is 0 Å². The summed E-state index contributed by atoms with van der Waals surface area (Å²) in [4.78, 5) is 24.0. The number of nitrogens with zero attached hydrogens (tertiary/aromatic N) is 4. The first-order chi connectivity index (χ1) is 15.4. The first-order valence-corrected chi connectivity index (χ1v) is 9.93. The molecule has 1 aliphatic rings. The number of aliphatic hydroxyl groups excluding tert-OH is 2. The number of benzene rings is 1. The molecule has 0 bridgehead atoms. The van der Waals surface area contributed by atoms with E-state index in [1.165, 1.54) is 29.4 Å². The molecule has 1 aromatic carbocycles. The highest BCUT2D eigenvalue weighted by molar-refractivity contribution is 5.89. The number of imidazole rings is 1. The highest BCUT2D eigenvalue weighted by Crippen LogP contribution is 2.31. The molecule has 170 valence electrons. The Bertz CT molecular complexity index is 1080. The molecule has 1 aliphatic heterocycles. The van der Waals surface area contributed by atoms with Crippen LogP contribution in [0.3, 0.4) is 0 Å². The number of hydrogen-bond donors (Lipinski definition) is 7. The van der Waals surface area contributed by atoms with E-state index < -0.39 is 30.6 Å². The number of amides is 2. The molecule has 3 aromatic rings. The molecule has 0 aliphatic carbocycles. The molecule has 32 heavy (non-hydrogen) atoms. The highest BCUT2D eigenvalue weighted by atomic mass is 16.6. The van der Waals surface area contributed by atoms with Crippen LogP contribution in [0.15, 0.2) is 36.9 Å². The molecule has 13 heteroatoms. The van der Waals surface area contributed by atoms with Crippen molar-refractivity contribution in [3.8, 4) is 5.75 Å². The van der Waals surface area contributed by atoms with Crippen molar-refractivity contribution in [3.05, 3.63) is 36.9 Å². The number of phenols is 1. The Morgan fingerprint density at radius 1 is 1.12 bits per heavy atom. The Morgan fingerprint density at radius 3 is 2.69 bits per heavy atom. The summed E-state index contributed by atoms with van der Waals surface area (Å²) in [6.07, 6.45) is -1.16. The lowest BCUT2D eigenvalue weighted by Gasteiger charge is -2.16. The minimum Gasteiger partial charge on any atom is -0.508 e. The van der Waals surface area contributed by atoms with Crippen LogP contribution in [0.1, 0.15) is 6.23 Å². The van der Waals surface area contributed by atoms with Crippen molar-refractivity contribution >= 4 is 28.7 Å². The summed E-state index contributed by atoms with van der Waals surface area (Å²) in [6.45, 7) is 0.981. The smallest absolute Gasteiger partial charge is 0.319 e. The number of carbonyl (C=O) groups excluding carboxylic acids is 1. The number of rotatable bonds is 7. The average molecular weight is 444 g/mol. The monoisotopic (exact) mass is 444 g/mol. The summed E-state index contributed by atoms with van der Waals surface area (Å²) in [5.41, 5.74) is 7.12. The molecule has 13 nitrogen and oxygen atoms in total. The largest absolute Gasteiger partial charge is 0.508 e. The zero-order valence-corrected chi connectivity index (χ0v) is 16.9. The van der Waals surface area contributed by atoms with Crippen molar-refractivity contribution < 1.29 is 24.9 Å². The van der Waals surface area contributed by atoms with Crippen LogP contribution in [0.25, 0.3) is 11.2 Å². The lowest BCUT2D eigenvalue weighted by atomic mass is 10.1. The van der Waals surface area contributed by atoms with Gasteiger partial charge in [0.1, 0.15) is 35.9 Å². The van der Waals surface area contributed by atoms with Crippen LogP contribution < -0.4 is 21.7 Å². The molecule has 1 saturated heterocycles. The van der Waals surface area contributed by atoms with Gasteiger partial charge in [0.15, 0.2) is 17.7 Å². The van der Waals surface area contributed by atoms with Crippen LogP contribution in [-0.4, -0.2) is 78.8 Å². The van der Waals surface area contributed by atoms with Crippen molar-refractivity contribution in [2.75, 3.05) is 30.7 Å². The lowest BCUT2D eigenvalue weighted by Crippen LogP contribution is -2.41. The molecule has 4 atom stereocenters. The number of urea groups is 1. The average Bonchev–Trinajstić information content (AvgIpc) is 3.32. The molecule has 4 rings (SSSR count). The number of hydrogen-bond acceptors (Lipinski definition) is 10. The fourth-order valence-electron chi connectivity index (χ4n) is 3.41. The van der Waals surface area contributed by atoms with Gasteiger partial charge >= 0.3 is 6.03 Å². The number of aliphatic hydroxyl groups is 2. The van der Waals surface area contributed by atoms with Crippen molar-refractivity contribution in [1.29, 1.82) is 0 Å². The van der Waals surface area contributed by atoms with Gasteiger partial charge in [0, 0.05) is 25.3 Å². The predicted octanol–water partition coefficient (Wildman–Crippen LogP) is -0.855. The number of phenolic OH excluding ortho intramolecular Hbond substituents is 1. The highest BCUT2D eigenvalue weighted by Gasteiger charge is 2.44. The summed E-state index contributed by atoms with van der Waals surface area (Å²) in [7, 11) is 0. The molecule has 2 aromatic heterocycles. The predicted molar refractivity (Wildman–Crippen MR) is 114 cm³/mol. The summed E-state index contributed by atoms with van der Waals surface area (Å²) in [6, 6.07) is 5.72. The molecule has 2 unspecified atom stereocenters. The number of ether oxygens (including phenoxy) is 1. The minimum absolute atomic E-state index is 0.113. The standard InChI is InChI=1S/C19H24N8O5/c20-16-13-17(24-8-23-16)27(9-25-13)18-15(30)14(29)12(32-18)7-21-5-6-22-19(31)26-10-1-3-11(28)4-2-10/h1-4,8-9,12,14-15,18,21,28-30H,5-7H2,(H2,20,23,24)(H2,22,26,31)/t12-,14?,15?,18-/m1/s1. The third-order valence-corrected chi connectivity index (χ3v) is 5.06. The SMILES string of the molecule is Nc1ncnc2c1ncn2[C@@H]1O[C@H](CNCCNC(=O)Nc2ccc(O)cc2)C(O)C1O. The van der Waals surface area contributed by atoms with Crippen LogP contribution in [0, 0.1) is 0 Å². The van der Waals surface area contributed by atoms with E-state index in [0.717, 1.165) is 0 Å². The summed E-state index contributed by atoms with van der Waals surface area (Å²) in [5, 5.41) is 38.5. The zero-order chi connectivity index (χ0) is 22.7. The Kier molecular flexibility index (Phi) is 6.32. The first kappa shape index (κ1) is 21.7. The van der Waals surface area contributed by atoms with Gasteiger partial charge in [-0.1, -0.05) is 0 Å². The third-order valence-electron chi connectivity index (χ3n) is 5.06. The minimum atomic E-state index is -1.19. The number of anilines is 2. The molecule has 0 radical (unpaired) electrons. The van der Waals surface area contributed by atoms with Crippen LogP contribution in [0.4, 0.5) is 16.3 Å². The van der Waals surface area contributed by atoms with Gasteiger partial charge in [-0.15, -0.1) is 0 Å². The van der Waals surface area contributed by atoms with E-state index in [4.69, 9.17) is 10.5 Å². The van der Waals surface area contributed by atoms with Gasteiger partial charge in [-0.3, -0.25) is 4.57 Å². The second-order valence-corrected chi connectivity index (χ2v) is 7.26. The fourth-order valence-corrected chi connectivity index (χ4v) is 3.41. The molecule has 0 spiro atoms. The van der Waals surface area contributed by atoms with Gasteiger partial charge in [-0.25, -0.2) is 19.7 Å². The molecule has 3 heterocycles. The van der Waals surface area contributed by atoms with Crippen LogP contribution in [0.5, 0.6) is 5.75 Å². The number of nitrogens with two attached hydrogens (primary N) is 1. The molecule has 0 saturated carbocycles. The number of aromatic hydroxyl groups is 1. The van der Waals surface area contributed by atoms with Crippen molar-refractivity contribution in [2.24, 2.45) is 0 Å². The number of nitrogens with one attached hydrogen (secondary N) is 3. The first-order valence-electron chi connectivity index (χ1n) is 9.93. The topological polar surface area (TPSA) is 193 Å². The van der Waals surface area contributed by atoms with Gasteiger partial charge < -0.3 is 41.7 Å². The Morgan fingerprint density at radius 2 is 1.91 bits per heavy atom. The van der Waals surface area contributed by atoms with E-state index in [-0.39, 0.29) is 18.1 Å². The Labute approximate surface area is 182 Å². The fraction of sp³-hybridized carbons (Fsp3) is 0.368. The van der Waals surface area contributed by atoms with Gasteiger partial charge in [-0.2, -0.15) is 0 Å². The van der Waals surface area contributed by atoms with E-state index >= 15 is 0 Å². The van der Waals surface area contributed by atoms with E-state index in [9.17, 15) is 20.1 Å². The quantitative estimate of drug-likeness (QED) is 0.178. The van der Waals surface area contributed by atoms with Gasteiger partial charge in [-0.05, 0) is 24.3 Å². The second-order valence-electron chi connectivity index (χ2n) is 7.26. The Hall–Kier alpha value is -3.52.